The van der Waals surface area contributed by atoms with Gasteiger partial charge in [-0.2, -0.15) is 0 Å². The molecule has 94 valence electrons. The van der Waals surface area contributed by atoms with Gasteiger partial charge in [-0.3, -0.25) is 4.79 Å². The standard InChI is InChI=1S/C15H17NO2/c1-4-10-8-12(16)14(15(10)17)11-5-6-13(18-3)9(2)7-11/h4-7,10,14,16H,1,8H2,2-3H3. The molecule has 1 aromatic carbocycles. The lowest BCUT2D eigenvalue weighted by Crippen LogP contribution is -2.14. The molecule has 1 saturated carbocycles. The van der Waals surface area contributed by atoms with Gasteiger partial charge in [0.25, 0.3) is 0 Å². The van der Waals surface area contributed by atoms with E-state index in [1.807, 2.05) is 25.1 Å². The van der Waals surface area contributed by atoms with Gasteiger partial charge in [0, 0.05) is 11.6 Å². The molecule has 1 N–H and O–H groups in total. The number of benzene rings is 1. The van der Waals surface area contributed by atoms with E-state index in [9.17, 15) is 4.79 Å². The van der Waals surface area contributed by atoms with Crippen molar-refractivity contribution in [3.8, 4) is 5.75 Å². The first kappa shape index (κ1) is 12.6. The number of Topliss-reactive ketones (excluding diaryl/α,β-unsaturated/α-hetero) is 1. The number of hydrogen-bond donors (Lipinski definition) is 1. The van der Waals surface area contributed by atoms with Crippen molar-refractivity contribution in [3.63, 3.8) is 0 Å². The first-order valence-corrected chi connectivity index (χ1v) is 5.96. The molecule has 1 fully saturated rings. The monoisotopic (exact) mass is 243 g/mol. The zero-order valence-corrected chi connectivity index (χ0v) is 10.7. The molecule has 2 unspecified atom stereocenters. The molecule has 0 aliphatic heterocycles. The SMILES string of the molecule is C=CC1CC(=N)C(c2ccc(OC)c(C)c2)C1=O. The Morgan fingerprint density at radius 3 is 2.72 bits per heavy atom. The minimum Gasteiger partial charge on any atom is -0.496 e. The van der Waals surface area contributed by atoms with Gasteiger partial charge in [-0.25, -0.2) is 0 Å². The van der Waals surface area contributed by atoms with Gasteiger partial charge in [0.2, 0.25) is 0 Å². The van der Waals surface area contributed by atoms with E-state index in [0.29, 0.717) is 12.1 Å². The van der Waals surface area contributed by atoms with Crippen LogP contribution in [0.5, 0.6) is 5.75 Å². The minimum absolute atomic E-state index is 0.0829. The molecule has 0 saturated heterocycles. The van der Waals surface area contributed by atoms with Crippen molar-refractivity contribution in [2.45, 2.75) is 19.3 Å². The molecule has 0 heterocycles. The summed E-state index contributed by atoms with van der Waals surface area (Å²) in [4.78, 5) is 12.2. The van der Waals surface area contributed by atoms with E-state index in [1.165, 1.54) is 0 Å². The molecule has 3 nitrogen and oxygen atoms in total. The number of ether oxygens (including phenoxy) is 1. The van der Waals surface area contributed by atoms with Crippen molar-refractivity contribution in [2.75, 3.05) is 7.11 Å². The molecule has 2 rings (SSSR count). The average molecular weight is 243 g/mol. The highest BCUT2D eigenvalue weighted by Crippen LogP contribution is 2.34. The molecule has 2 atom stereocenters. The Morgan fingerprint density at radius 1 is 1.50 bits per heavy atom. The predicted octanol–water partition coefficient (Wildman–Crippen LogP) is 2.88. The summed E-state index contributed by atoms with van der Waals surface area (Å²) in [5.41, 5.74) is 2.35. The Bertz CT molecular complexity index is 519. The number of aryl methyl sites for hydroxylation is 1. The predicted molar refractivity (Wildman–Crippen MR) is 71.5 cm³/mol. The highest BCUT2D eigenvalue weighted by atomic mass is 16.5. The zero-order valence-electron chi connectivity index (χ0n) is 10.7. The van der Waals surface area contributed by atoms with Gasteiger partial charge in [0.1, 0.15) is 5.75 Å². The van der Waals surface area contributed by atoms with E-state index in [2.05, 4.69) is 6.58 Å². The Labute approximate surface area is 107 Å². The lowest BCUT2D eigenvalue weighted by Gasteiger charge is -2.12. The third kappa shape index (κ3) is 1.96. The van der Waals surface area contributed by atoms with Crippen LogP contribution in [0.2, 0.25) is 0 Å². The van der Waals surface area contributed by atoms with Crippen LogP contribution in [-0.4, -0.2) is 18.6 Å². The fourth-order valence-corrected chi connectivity index (χ4v) is 2.49. The Balaban J connectivity index is 2.37. The summed E-state index contributed by atoms with van der Waals surface area (Å²) < 4.78 is 5.20. The van der Waals surface area contributed by atoms with Crippen LogP contribution in [-0.2, 0) is 4.79 Å². The van der Waals surface area contributed by atoms with Crippen LogP contribution < -0.4 is 4.74 Å². The van der Waals surface area contributed by atoms with Crippen molar-refractivity contribution < 1.29 is 9.53 Å². The maximum absolute atomic E-state index is 12.2. The molecule has 0 radical (unpaired) electrons. The lowest BCUT2D eigenvalue weighted by atomic mass is 9.93. The number of hydrogen-bond acceptors (Lipinski definition) is 3. The maximum atomic E-state index is 12.2. The number of rotatable bonds is 3. The summed E-state index contributed by atoms with van der Waals surface area (Å²) in [6, 6.07) is 5.66. The number of carbonyl (C=O) groups is 1. The molecule has 1 aliphatic carbocycles. The van der Waals surface area contributed by atoms with Gasteiger partial charge in [0.15, 0.2) is 5.78 Å². The van der Waals surface area contributed by atoms with Gasteiger partial charge < -0.3 is 10.1 Å². The molecule has 1 aromatic rings. The second-order valence-corrected chi connectivity index (χ2v) is 4.64. The maximum Gasteiger partial charge on any atom is 0.153 e. The van der Waals surface area contributed by atoms with Crippen LogP contribution >= 0.6 is 0 Å². The van der Waals surface area contributed by atoms with Gasteiger partial charge in [-0.1, -0.05) is 18.2 Å². The number of allylic oxidation sites excluding steroid dienone is 1. The van der Waals surface area contributed by atoms with Crippen molar-refractivity contribution in [2.24, 2.45) is 5.92 Å². The summed E-state index contributed by atoms with van der Waals surface area (Å²) >= 11 is 0. The van der Waals surface area contributed by atoms with Crippen LogP contribution in [0.3, 0.4) is 0 Å². The van der Waals surface area contributed by atoms with Crippen LogP contribution in [0.25, 0.3) is 0 Å². The van der Waals surface area contributed by atoms with E-state index >= 15 is 0 Å². The topological polar surface area (TPSA) is 50.1 Å². The van der Waals surface area contributed by atoms with Gasteiger partial charge >= 0.3 is 0 Å². The number of carbonyl (C=O) groups excluding carboxylic acids is 1. The Hall–Kier alpha value is -1.90. The molecule has 3 heteroatoms. The van der Waals surface area contributed by atoms with Crippen molar-refractivity contribution >= 4 is 11.5 Å². The highest BCUT2D eigenvalue weighted by molar-refractivity contribution is 6.16. The average Bonchev–Trinajstić information content (AvgIpc) is 2.64. The second kappa shape index (κ2) is 4.77. The van der Waals surface area contributed by atoms with Crippen molar-refractivity contribution in [1.29, 1.82) is 5.41 Å². The molecule has 1 aliphatic rings. The number of nitrogens with one attached hydrogen (secondary N) is 1. The smallest absolute Gasteiger partial charge is 0.153 e. The third-order valence-electron chi connectivity index (χ3n) is 3.48. The van der Waals surface area contributed by atoms with Crippen LogP contribution in [0.1, 0.15) is 23.5 Å². The Kier molecular flexibility index (Phi) is 3.32. The van der Waals surface area contributed by atoms with E-state index in [0.717, 1.165) is 16.9 Å². The Morgan fingerprint density at radius 2 is 2.22 bits per heavy atom. The van der Waals surface area contributed by atoms with Gasteiger partial charge in [0.05, 0.1) is 13.0 Å². The van der Waals surface area contributed by atoms with Gasteiger partial charge in [-0.15, -0.1) is 6.58 Å². The number of ketones is 1. The zero-order chi connectivity index (χ0) is 13.3. The number of methoxy groups -OCH3 is 1. The molecule has 0 spiro atoms. The lowest BCUT2D eigenvalue weighted by molar-refractivity contribution is -0.120. The molecule has 0 bridgehead atoms. The third-order valence-corrected chi connectivity index (χ3v) is 3.48. The van der Waals surface area contributed by atoms with Crippen molar-refractivity contribution in [1.82, 2.24) is 0 Å². The van der Waals surface area contributed by atoms with Crippen LogP contribution in [0.15, 0.2) is 30.9 Å². The molecular formula is C15H17NO2. The van der Waals surface area contributed by atoms with E-state index < -0.39 is 5.92 Å². The van der Waals surface area contributed by atoms with Crippen molar-refractivity contribution in [3.05, 3.63) is 42.0 Å². The summed E-state index contributed by atoms with van der Waals surface area (Å²) in [5.74, 6) is 0.276. The first-order valence-electron chi connectivity index (χ1n) is 5.96. The quantitative estimate of drug-likeness (QED) is 0.830. The summed E-state index contributed by atoms with van der Waals surface area (Å²) in [7, 11) is 1.62. The summed E-state index contributed by atoms with van der Waals surface area (Å²) in [6.07, 6.45) is 2.14. The largest absolute Gasteiger partial charge is 0.496 e. The fraction of sp³-hybridized carbons (Fsp3) is 0.333. The normalized spacial score (nSPS) is 23.2. The van der Waals surface area contributed by atoms with Crippen LogP contribution in [0, 0.1) is 18.3 Å². The van der Waals surface area contributed by atoms with Gasteiger partial charge in [-0.05, 0) is 30.5 Å². The van der Waals surface area contributed by atoms with Crippen LogP contribution in [0.4, 0.5) is 0 Å². The molecular weight excluding hydrogens is 226 g/mol. The molecule has 0 amide bonds. The molecule has 0 aromatic heterocycles. The fourth-order valence-electron chi connectivity index (χ4n) is 2.49. The first-order chi connectivity index (χ1) is 8.58. The molecule has 18 heavy (non-hydrogen) atoms. The summed E-state index contributed by atoms with van der Waals surface area (Å²) in [6.45, 7) is 5.60. The highest BCUT2D eigenvalue weighted by Gasteiger charge is 2.37. The second-order valence-electron chi connectivity index (χ2n) is 4.64. The van der Waals surface area contributed by atoms with E-state index in [-0.39, 0.29) is 11.7 Å². The van der Waals surface area contributed by atoms with E-state index in [1.54, 1.807) is 13.2 Å². The minimum atomic E-state index is -0.405. The van der Waals surface area contributed by atoms with E-state index in [4.69, 9.17) is 10.1 Å². The summed E-state index contributed by atoms with van der Waals surface area (Å²) in [5, 5.41) is 7.98.